The molecule has 0 spiro atoms. The molecule has 0 N–H and O–H groups in total. The smallest absolute Gasteiger partial charge is 0.251 e. The molecule has 1 unspecified atom stereocenters. The van der Waals surface area contributed by atoms with Gasteiger partial charge in [-0.05, 0) is 48.1 Å². The SMILES string of the molecule is FCCCCc1ccc(-c2cc(F)c(C(F)C(F)(F)F)c(F)c2)cc1. The van der Waals surface area contributed by atoms with Crippen molar-refractivity contribution in [3.05, 3.63) is 59.2 Å². The summed E-state index contributed by atoms with van der Waals surface area (Å²) in [6.07, 6.45) is -7.38. The molecule has 0 nitrogen and oxygen atoms in total. The first-order valence-electron chi connectivity index (χ1n) is 7.59. The number of benzene rings is 2. The second-order valence-electron chi connectivity index (χ2n) is 5.60. The molecule has 0 amide bonds. The normalized spacial score (nSPS) is 13.1. The van der Waals surface area contributed by atoms with Gasteiger partial charge in [-0.3, -0.25) is 4.39 Å². The highest BCUT2D eigenvalue weighted by atomic mass is 19.4. The van der Waals surface area contributed by atoms with Crippen molar-refractivity contribution in [2.24, 2.45) is 0 Å². The van der Waals surface area contributed by atoms with Crippen molar-refractivity contribution in [1.82, 2.24) is 0 Å². The summed E-state index contributed by atoms with van der Waals surface area (Å²) in [4.78, 5) is 0. The predicted octanol–water partition coefficient (Wildman–Crippen LogP) is 6.50. The quantitative estimate of drug-likeness (QED) is 0.406. The molecule has 0 aliphatic carbocycles. The zero-order valence-corrected chi connectivity index (χ0v) is 13.0. The van der Waals surface area contributed by atoms with Crippen molar-refractivity contribution in [2.75, 3.05) is 6.67 Å². The molecule has 7 heteroatoms. The second kappa shape index (κ2) is 7.89. The van der Waals surface area contributed by atoms with Crippen LogP contribution in [0.3, 0.4) is 0 Å². The van der Waals surface area contributed by atoms with Crippen LogP contribution in [0.1, 0.15) is 30.1 Å². The summed E-state index contributed by atoms with van der Waals surface area (Å²) in [5.74, 6) is -3.18. The van der Waals surface area contributed by atoms with Gasteiger partial charge in [-0.15, -0.1) is 0 Å². The summed E-state index contributed by atoms with van der Waals surface area (Å²) in [5, 5.41) is 0. The van der Waals surface area contributed by atoms with E-state index in [-0.39, 0.29) is 5.56 Å². The van der Waals surface area contributed by atoms with Gasteiger partial charge < -0.3 is 0 Å². The van der Waals surface area contributed by atoms with Gasteiger partial charge in [0.05, 0.1) is 12.2 Å². The first-order valence-corrected chi connectivity index (χ1v) is 7.59. The van der Waals surface area contributed by atoms with E-state index in [4.69, 9.17) is 0 Å². The standard InChI is InChI=1S/C18H15F7/c19-8-2-1-3-11-4-6-12(7-5-11)13-9-14(20)16(15(21)10-13)17(22)18(23,24)25/h4-7,9-10,17H,1-3,8H2. The lowest BCUT2D eigenvalue weighted by Gasteiger charge is -2.15. The Labute approximate surface area is 140 Å². The summed E-state index contributed by atoms with van der Waals surface area (Å²) >= 11 is 0. The summed E-state index contributed by atoms with van der Waals surface area (Å²) in [6.45, 7) is -0.406. The number of hydrogen-bond acceptors (Lipinski definition) is 0. The molecule has 25 heavy (non-hydrogen) atoms. The van der Waals surface area contributed by atoms with E-state index >= 15 is 0 Å². The van der Waals surface area contributed by atoms with Crippen LogP contribution in [-0.4, -0.2) is 12.9 Å². The molecule has 2 rings (SSSR count). The van der Waals surface area contributed by atoms with E-state index in [1.807, 2.05) is 0 Å². The molecule has 0 saturated carbocycles. The van der Waals surface area contributed by atoms with Gasteiger partial charge in [0.1, 0.15) is 11.6 Å². The number of aryl methyl sites for hydroxylation is 1. The fourth-order valence-electron chi connectivity index (χ4n) is 2.44. The van der Waals surface area contributed by atoms with Gasteiger partial charge in [-0.1, -0.05) is 24.3 Å². The largest absolute Gasteiger partial charge is 0.424 e. The molecule has 0 saturated heterocycles. The molecule has 2 aromatic rings. The number of rotatable bonds is 6. The molecule has 136 valence electrons. The van der Waals surface area contributed by atoms with Crippen LogP contribution in [0.5, 0.6) is 0 Å². The summed E-state index contributed by atoms with van der Waals surface area (Å²) < 4.78 is 90.1. The minimum absolute atomic E-state index is 0.00318. The number of alkyl halides is 5. The molecule has 0 aliphatic heterocycles. The molecule has 0 bridgehead atoms. The molecule has 0 fully saturated rings. The third-order valence-corrected chi connectivity index (χ3v) is 3.76. The maximum atomic E-state index is 13.8. The maximum Gasteiger partial charge on any atom is 0.424 e. The third-order valence-electron chi connectivity index (χ3n) is 3.76. The zero-order valence-electron chi connectivity index (χ0n) is 13.0. The van der Waals surface area contributed by atoms with E-state index < -0.39 is 36.2 Å². The van der Waals surface area contributed by atoms with E-state index in [9.17, 15) is 30.7 Å². The van der Waals surface area contributed by atoms with Gasteiger partial charge in [0.2, 0.25) is 6.17 Å². The fraction of sp³-hybridized carbons (Fsp3) is 0.333. The van der Waals surface area contributed by atoms with Gasteiger partial charge in [-0.2, -0.15) is 13.2 Å². The maximum absolute atomic E-state index is 13.8. The van der Waals surface area contributed by atoms with Gasteiger partial charge >= 0.3 is 6.18 Å². The van der Waals surface area contributed by atoms with E-state index in [0.29, 0.717) is 37.0 Å². The van der Waals surface area contributed by atoms with Crippen LogP contribution in [-0.2, 0) is 6.42 Å². The van der Waals surface area contributed by atoms with Crippen molar-refractivity contribution in [3.8, 4) is 11.1 Å². The molecular weight excluding hydrogens is 349 g/mol. The topological polar surface area (TPSA) is 0 Å². The highest BCUT2D eigenvalue weighted by Crippen LogP contribution is 2.39. The molecule has 1 atom stereocenters. The van der Waals surface area contributed by atoms with E-state index in [1.54, 1.807) is 24.3 Å². The molecular formula is C18H15F7. The Kier molecular flexibility index (Phi) is 6.08. The third kappa shape index (κ3) is 4.74. The van der Waals surface area contributed by atoms with Crippen LogP contribution in [0.25, 0.3) is 11.1 Å². The van der Waals surface area contributed by atoms with Gasteiger partial charge in [0.15, 0.2) is 0 Å². The van der Waals surface area contributed by atoms with Crippen molar-refractivity contribution in [2.45, 2.75) is 31.6 Å². The monoisotopic (exact) mass is 364 g/mol. The van der Waals surface area contributed by atoms with Crippen molar-refractivity contribution in [1.29, 1.82) is 0 Å². The summed E-state index contributed by atoms with van der Waals surface area (Å²) in [7, 11) is 0. The minimum Gasteiger partial charge on any atom is -0.251 e. The summed E-state index contributed by atoms with van der Waals surface area (Å²) in [5.41, 5.74) is -0.362. The van der Waals surface area contributed by atoms with E-state index in [1.165, 1.54) is 0 Å². The summed E-state index contributed by atoms with van der Waals surface area (Å²) in [6, 6.07) is 7.82. The molecule has 0 radical (unpaired) electrons. The van der Waals surface area contributed by atoms with E-state index in [0.717, 1.165) is 5.56 Å². The van der Waals surface area contributed by atoms with Crippen LogP contribution in [0, 0.1) is 11.6 Å². The number of unbranched alkanes of at least 4 members (excludes halogenated alkanes) is 1. The van der Waals surface area contributed by atoms with Crippen LogP contribution < -0.4 is 0 Å². The van der Waals surface area contributed by atoms with Crippen molar-refractivity contribution in [3.63, 3.8) is 0 Å². The Balaban J connectivity index is 2.26. The molecule has 2 aromatic carbocycles. The van der Waals surface area contributed by atoms with Gasteiger partial charge in [0, 0.05) is 0 Å². The van der Waals surface area contributed by atoms with Crippen LogP contribution in [0.4, 0.5) is 30.7 Å². The molecule has 0 aromatic heterocycles. The highest BCUT2D eigenvalue weighted by Gasteiger charge is 2.44. The lowest BCUT2D eigenvalue weighted by Crippen LogP contribution is -2.19. The minimum atomic E-state index is -5.38. The van der Waals surface area contributed by atoms with Crippen molar-refractivity contribution < 1.29 is 30.7 Å². The fourth-order valence-corrected chi connectivity index (χ4v) is 2.44. The Morgan fingerprint density at radius 1 is 0.840 bits per heavy atom. The highest BCUT2D eigenvalue weighted by molar-refractivity contribution is 5.64. The Hall–Kier alpha value is -2.05. The van der Waals surface area contributed by atoms with Gasteiger partial charge in [-0.25, -0.2) is 13.2 Å². The Bertz CT molecular complexity index is 681. The molecule has 0 aliphatic rings. The average molecular weight is 364 g/mol. The van der Waals surface area contributed by atoms with Crippen molar-refractivity contribution >= 4 is 0 Å². The first-order chi connectivity index (χ1) is 11.7. The van der Waals surface area contributed by atoms with Crippen LogP contribution >= 0.6 is 0 Å². The van der Waals surface area contributed by atoms with Gasteiger partial charge in [0.25, 0.3) is 0 Å². The van der Waals surface area contributed by atoms with Crippen LogP contribution in [0.15, 0.2) is 36.4 Å². The second-order valence-corrected chi connectivity index (χ2v) is 5.60. The number of halogens is 7. The molecule has 0 heterocycles. The lowest BCUT2D eigenvalue weighted by atomic mass is 9.98. The zero-order chi connectivity index (χ0) is 18.6. The Morgan fingerprint density at radius 3 is 1.88 bits per heavy atom. The first kappa shape index (κ1) is 19.3. The average Bonchev–Trinajstić information content (AvgIpc) is 2.54. The van der Waals surface area contributed by atoms with E-state index in [2.05, 4.69) is 0 Å². The van der Waals surface area contributed by atoms with Crippen LogP contribution in [0.2, 0.25) is 0 Å². The predicted molar refractivity (Wildman–Crippen MR) is 80.6 cm³/mol. The lowest BCUT2D eigenvalue weighted by molar-refractivity contribution is -0.184. The number of hydrogen-bond donors (Lipinski definition) is 0. The Morgan fingerprint density at radius 2 is 1.40 bits per heavy atom.